The highest BCUT2D eigenvalue weighted by molar-refractivity contribution is 7.94. The summed E-state index contributed by atoms with van der Waals surface area (Å²) in [6.45, 7) is 1.29. The van der Waals surface area contributed by atoms with Crippen molar-refractivity contribution in [2.24, 2.45) is 0 Å². The van der Waals surface area contributed by atoms with Gasteiger partial charge in [0, 0.05) is 13.0 Å². The maximum atomic E-state index is 12.2. The molecule has 11 heteroatoms. The molecule has 0 fully saturated rings. The fourth-order valence-electron chi connectivity index (χ4n) is 1.64. The fraction of sp³-hybridized carbons (Fsp3) is 0.0909. The van der Waals surface area contributed by atoms with Gasteiger partial charge >= 0.3 is 0 Å². The van der Waals surface area contributed by atoms with Crippen LogP contribution in [0.15, 0.2) is 33.3 Å². The number of aromatic nitrogens is 3. The molecule has 9 nitrogen and oxygen atoms in total. The van der Waals surface area contributed by atoms with Gasteiger partial charge in [0.25, 0.3) is 14.4 Å². The highest BCUT2D eigenvalue weighted by Crippen LogP contribution is 2.24. The Morgan fingerprint density at radius 2 is 2.14 bits per heavy atom. The molecule has 0 aliphatic heterocycles. The molecule has 2 N–H and O–H groups in total. The van der Waals surface area contributed by atoms with Crippen LogP contribution in [0, 0.1) is 0 Å². The molecule has 0 aliphatic rings. The highest BCUT2D eigenvalue weighted by Gasteiger charge is 2.21. The minimum Gasteiger partial charge on any atom is -0.443 e. The van der Waals surface area contributed by atoms with E-state index in [9.17, 15) is 13.2 Å². The number of carbonyl (C=O) groups is 1. The zero-order valence-electron chi connectivity index (χ0n) is 11.1. The van der Waals surface area contributed by atoms with Crippen LogP contribution in [0.3, 0.4) is 0 Å². The third-order valence-electron chi connectivity index (χ3n) is 2.50. The third kappa shape index (κ3) is 2.89. The summed E-state index contributed by atoms with van der Waals surface area (Å²) in [4.78, 5) is 14.8. The van der Waals surface area contributed by atoms with Gasteiger partial charge in [-0.25, -0.2) is 4.98 Å². The van der Waals surface area contributed by atoms with E-state index < -0.39 is 10.0 Å². The van der Waals surface area contributed by atoms with Crippen molar-refractivity contribution in [3.63, 3.8) is 0 Å². The van der Waals surface area contributed by atoms with E-state index in [0.29, 0.717) is 16.8 Å². The lowest BCUT2D eigenvalue weighted by molar-refractivity contribution is -0.114. The maximum absolute atomic E-state index is 12.2. The van der Waals surface area contributed by atoms with Crippen molar-refractivity contribution in [1.29, 1.82) is 0 Å². The van der Waals surface area contributed by atoms with Gasteiger partial charge in [0.15, 0.2) is 12.0 Å². The first kappa shape index (κ1) is 14.4. The molecule has 0 atom stereocenters. The van der Waals surface area contributed by atoms with Gasteiger partial charge in [-0.05, 0) is 12.1 Å². The molecule has 0 aliphatic carbocycles. The van der Waals surface area contributed by atoms with Crippen LogP contribution in [0.1, 0.15) is 6.92 Å². The molecule has 0 saturated carbocycles. The number of amides is 1. The van der Waals surface area contributed by atoms with Crippen molar-refractivity contribution in [1.82, 2.24) is 15.2 Å². The third-order valence-corrected chi connectivity index (χ3v) is 5.09. The Hall–Kier alpha value is -2.53. The first-order valence-corrected chi connectivity index (χ1v) is 8.21. The van der Waals surface area contributed by atoms with E-state index in [-0.39, 0.29) is 15.4 Å². The molecule has 114 valence electrons. The molecule has 2 heterocycles. The summed E-state index contributed by atoms with van der Waals surface area (Å²) in [7, 11) is -3.90. The second-order valence-electron chi connectivity index (χ2n) is 4.19. The smallest absolute Gasteiger partial charge is 0.291 e. The summed E-state index contributed by atoms with van der Waals surface area (Å²) in [5, 5.41) is 9.63. The Morgan fingerprint density at radius 1 is 1.32 bits per heavy atom. The summed E-state index contributed by atoms with van der Waals surface area (Å²) >= 11 is 0.752. The van der Waals surface area contributed by atoms with Crippen LogP contribution in [-0.4, -0.2) is 29.5 Å². The number of fused-ring (bicyclic) bond motifs is 1. The summed E-state index contributed by atoms with van der Waals surface area (Å²) in [5.41, 5.74) is 1.38. The molecule has 1 aromatic carbocycles. The molecule has 3 rings (SSSR count). The predicted molar refractivity (Wildman–Crippen MR) is 79.0 cm³/mol. The maximum Gasteiger partial charge on any atom is 0.291 e. The Labute approximate surface area is 128 Å². The van der Waals surface area contributed by atoms with E-state index >= 15 is 0 Å². The number of hydrogen-bond donors (Lipinski definition) is 2. The Morgan fingerprint density at radius 3 is 2.91 bits per heavy atom. The van der Waals surface area contributed by atoms with Gasteiger partial charge in [0.05, 0.1) is 5.69 Å². The lowest BCUT2D eigenvalue weighted by Gasteiger charge is -2.04. The number of rotatable bonds is 4. The molecule has 0 spiro atoms. The monoisotopic (exact) mass is 339 g/mol. The molecular weight excluding hydrogens is 330 g/mol. The zero-order valence-corrected chi connectivity index (χ0v) is 12.7. The van der Waals surface area contributed by atoms with Crippen molar-refractivity contribution in [2.45, 2.75) is 11.3 Å². The van der Waals surface area contributed by atoms with E-state index in [1.165, 1.54) is 19.4 Å². The molecule has 0 bridgehead atoms. The van der Waals surface area contributed by atoms with Gasteiger partial charge in [-0.1, -0.05) is 11.3 Å². The standard InChI is InChI=1S/C11H9N5O4S2/c1-6(17)13-10-14-15-11(21-10)22(18,19)16-7-2-3-8-9(4-7)20-5-12-8/h2-5,16H,1H3,(H,13,14,17). The van der Waals surface area contributed by atoms with E-state index in [1.54, 1.807) is 12.1 Å². The van der Waals surface area contributed by atoms with E-state index in [4.69, 9.17) is 4.42 Å². The average molecular weight is 339 g/mol. The number of nitrogens with zero attached hydrogens (tertiary/aromatic N) is 3. The quantitative estimate of drug-likeness (QED) is 0.688. The minimum atomic E-state index is -3.90. The lowest BCUT2D eigenvalue weighted by Crippen LogP contribution is -2.12. The first-order chi connectivity index (χ1) is 10.4. The SMILES string of the molecule is CC(=O)Nc1nnc(S(=O)(=O)Nc2ccc3ncoc3c2)s1. The zero-order chi connectivity index (χ0) is 15.7. The van der Waals surface area contributed by atoms with Gasteiger partial charge in [0.1, 0.15) is 5.52 Å². The van der Waals surface area contributed by atoms with Crippen LogP contribution >= 0.6 is 11.3 Å². The molecule has 2 aromatic heterocycles. The van der Waals surface area contributed by atoms with E-state index in [1.807, 2.05) is 0 Å². The molecule has 1 amide bonds. The van der Waals surface area contributed by atoms with Crippen LogP contribution < -0.4 is 10.0 Å². The van der Waals surface area contributed by atoms with Gasteiger partial charge in [-0.15, -0.1) is 10.2 Å². The summed E-state index contributed by atoms with van der Waals surface area (Å²) < 4.78 is 31.6. The molecule has 0 radical (unpaired) electrons. The van der Waals surface area contributed by atoms with Crippen molar-refractivity contribution in [3.8, 4) is 0 Å². The van der Waals surface area contributed by atoms with Crippen molar-refractivity contribution < 1.29 is 17.6 Å². The van der Waals surface area contributed by atoms with E-state index in [0.717, 1.165) is 11.3 Å². The number of nitrogens with one attached hydrogen (secondary N) is 2. The fourth-order valence-corrected chi connectivity index (χ4v) is 3.63. The van der Waals surface area contributed by atoms with Gasteiger partial charge in [-0.2, -0.15) is 8.42 Å². The second-order valence-corrected chi connectivity index (χ2v) is 7.03. The van der Waals surface area contributed by atoms with E-state index in [2.05, 4.69) is 25.2 Å². The molecule has 0 saturated heterocycles. The summed E-state index contributed by atoms with van der Waals surface area (Å²) in [6, 6.07) is 4.69. The van der Waals surface area contributed by atoms with Crippen molar-refractivity contribution >= 4 is 49.2 Å². The molecule has 3 aromatic rings. The summed E-state index contributed by atoms with van der Waals surface area (Å²) in [5.74, 6) is -0.358. The van der Waals surface area contributed by atoms with Crippen LogP contribution in [-0.2, 0) is 14.8 Å². The Bertz CT molecular complexity index is 946. The van der Waals surface area contributed by atoms with Crippen molar-refractivity contribution in [2.75, 3.05) is 10.0 Å². The van der Waals surface area contributed by atoms with Crippen LogP contribution in [0.25, 0.3) is 11.1 Å². The number of carbonyl (C=O) groups excluding carboxylic acids is 1. The topological polar surface area (TPSA) is 127 Å². The number of oxazole rings is 1. The van der Waals surface area contributed by atoms with Crippen LogP contribution in [0.5, 0.6) is 0 Å². The lowest BCUT2D eigenvalue weighted by atomic mass is 10.3. The molecule has 22 heavy (non-hydrogen) atoms. The average Bonchev–Trinajstić information content (AvgIpc) is 3.06. The number of sulfonamides is 1. The molecule has 0 unspecified atom stereocenters. The van der Waals surface area contributed by atoms with Gasteiger partial charge in [-0.3, -0.25) is 9.52 Å². The number of benzene rings is 1. The minimum absolute atomic E-state index is 0.110. The largest absolute Gasteiger partial charge is 0.443 e. The van der Waals surface area contributed by atoms with Crippen molar-refractivity contribution in [3.05, 3.63) is 24.6 Å². The van der Waals surface area contributed by atoms with Gasteiger partial charge < -0.3 is 9.73 Å². The Kier molecular flexibility index (Phi) is 3.50. The predicted octanol–water partition coefficient (Wildman–Crippen LogP) is 1.44. The summed E-state index contributed by atoms with van der Waals surface area (Å²) in [6.07, 6.45) is 1.27. The highest BCUT2D eigenvalue weighted by atomic mass is 32.2. The van der Waals surface area contributed by atoms with Crippen LogP contribution in [0.4, 0.5) is 10.8 Å². The molecular formula is C11H9N5O4S2. The van der Waals surface area contributed by atoms with Gasteiger partial charge in [0.2, 0.25) is 11.0 Å². The van der Waals surface area contributed by atoms with Crippen LogP contribution in [0.2, 0.25) is 0 Å². The number of anilines is 2. The normalized spacial score (nSPS) is 11.5. The Balaban J connectivity index is 1.86. The number of hydrogen-bond acceptors (Lipinski definition) is 8. The first-order valence-electron chi connectivity index (χ1n) is 5.91. The second kappa shape index (κ2) is 5.35.